The van der Waals surface area contributed by atoms with E-state index in [0.29, 0.717) is 11.6 Å². The van der Waals surface area contributed by atoms with Crippen LogP contribution < -0.4 is 0 Å². The van der Waals surface area contributed by atoms with Crippen molar-refractivity contribution in [1.82, 2.24) is 15.0 Å². The summed E-state index contributed by atoms with van der Waals surface area (Å²) in [4.78, 5) is 27.1. The molecule has 0 amide bonds. The van der Waals surface area contributed by atoms with Gasteiger partial charge in [0.05, 0.1) is 11.1 Å². The number of ketones is 1. The number of furan rings is 1. The number of carbonyl (C=O) groups excluding carboxylic acids is 1. The first-order valence-electron chi connectivity index (χ1n) is 18.6. The van der Waals surface area contributed by atoms with Gasteiger partial charge in [0.25, 0.3) is 0 Å². The maximum absolute atomic E-state index is 12.2. The van der Waals surface area contributed by atoms with E-state index in [1.54, 1.807) is 0 Å². The molecule has 0 fully saturated rings. The summed E-state index contributed by atoms with van der Waals surface area (Å²) < 4.78 is 6.39. The second-order valence-corrected chi connectivity index (χ2v) is 15.1. The Morgan fingerprint density at radius 3 is 2.10 bits per heavy atom. The summed E-state index contributed by atoms with van der Waals surface area (Å²) >= 11 is 0. The summed E-state index contributed by atoms with van der Waals surface area (Å²) in [5.41, 5.74) is 5.74. The molecule has 277 valence electrons. The Labute approximate surface area is 322 Å². The van der Waals surface area contributed by atoms with Crippen molar-refractivity contribution in [2.75, 3.05) is 0 Å². The molecule has 0 spiro atoms. The summed E-state index contributed by atoms with van der Waals surface area (Å²) in [6.45, 7) is 22.8. The van der Waals surface area contributed by atoms with Crippen LogP contribution in [-0.2, 0) is 24.9 Å². The molecule has 6 nitrogen and oxygen atoms in total. The minimum Gasteiger partial charge on any atom is -0.512 e. The van der Waals surface area contributed by atoms with Crippen molar-refractivity contribution in [3.8, 4) is 11.3 Å². The van der Waals surface area contributed by atoms with E-state index in [1.165, 1.54) is 22.4 Å². The van der Waals surface area contributed by atoms with Crippen molar-refractivity contribution >= 4 is 49.5 Å². The van der Waals surface area contributed by atoms with Crippen LogP contribution in [0, 0.1) is 23.8 Å². The van der Waals surface area contributed by atoms with Gasteiger partial charge in [0.1, 0.15) is 11.6 Å². The number of rotatable bonds is 10. The van der Waals surface area contributed by atoms with Gasteiger partial charge in [0.2, 0.25) is 5.71 Å². The number of nitrogens with zero attached hydrogens (tertiary/aromatic N) is 3. The number of benzene rings is 3. The van der Waals surface area contributed by atoms with E-state index in [2.05, 4.69) is 83.1 Å². The molecule has 0 aliphatic heterocycles. The molecule has 6 aromatic rings. The Morgan fingerprint density at radius 2 is 1.48 bits per heavy atom. The van der Waals surface area contributed by atoms with E-state index in [0.717, 1.165) is 75.7 Å². The number of pyridine rings is 1. The number of aliphatic hydroxyl groups is 1. The largest absolute Gasteiger partial charge is 0.512 e. The summed E-state index contributed by atoms with van der Waals surface area (Å²) in [7, 11) is 0. The molecule has 3 heterocycles. The van der Waals surface area contributed by atoms with E-state index in [4.69, 9.17) is 19.4 Å². The number of hydrogen-bond acceptors (Lipinski definition) is 6. The summed E-state index contributed by atoms with van der Waals surface area (Å²) in [5.74, 6) is 1.63. The van der Waals surface area contributed by atoms with Gasteiger partial charge in [0.15, 0.2) is 5.78 Å². The zero-order valence-corrected chi connectivity index (χ0v) is 35.1. The molecule has 0 atom stereocenters. The van der Waals surface area contributed by atoms with Crippen LogP contribution in [0.1, 0.15) is 124 Å². The van der Waals surface area contributed by atoms with Gasteiger partial charge >= 0.3 is 0 Å². The molecular formula is C45H54IrN3O3-. The van der Waals surface area contributed by atoms with Crippen LogP contribution in [0.25, 0.3) is 55.0 Å². The van der Waals surface area contributed by atoms with Gasteiger partial charge in [-0.15, -0.1) is 18.2 Å². The maximum atomic E-state index is 12.2. The monoisotopic (exact) mass is 877 g/mol. The fourth-order valence-electron chi connectivity index (χ4n) is 6.43. The first-order valence-corrected chi connectivity index (χ1v) is 18.6. The Morgan fingerprint density at radius 1 is 0.827 bits per heavy atom. The molecular weight excluding hydrogens is 823 g/mol. The maximum Gasteiger partial charge on any atom is 0.216 e. The average Bonchev–Trinajstić information content (AvgIpc) is 3.52. The predicted molar refractivity (Wildman–Crippen MR) is 212 cm³/mol. The molecule has 0 saturated carbocycles. The number of fused-ring (bicyclic) bond motifs is 6. The van der Waals surface area contributed by atoms with Crippen LogP contribution in [0.2, 0.25) is 0 Å². The molecule has 7 heteroatoms. The van der Waals surface area contributed by atoms with Crippen molar-refractivity contribution in [3.63, 3.8) is 0 Å². The normalized spacial score (nSPS) is 12.5. The number of hydrogen-bond donors (Lipinski definition) is 1. The third-order valence-corrected chi connectivity index (χ3v) is 11.2. The van der Waals surface area contributed by atoms with E-state index in [1.807, 2.05) is 53.7 Å². The van der Waals surface area contributed by atoms with Gasteiger partial charge in [-0.2, -0.15) is 0 Å². The second kappa shape index (κ2) is 16.4. The first kappa shape index (κ1) is 40.8. The Kier molecular flexibility index (Phi) is 12.9. The van der Waals surface area contributed by atoms with Crippen LogP contribution >= 0.6 is 0 Å². The number of allylic oxidation sites excluding steroid dienone is 2. The van der Waals surface area contributed by atoms with Crippen LogP contribution in [0.15, 0.2) is 70.8 Å². The van der Waals surface area contributed by atoms with Gasteiger partial charge in [-0.1, -0.05) is 111 Å². The third-order valence-electron chi connectivity index (χ3n) is 11.2. The van der Waals surface area contributed by atoms with Gasteiger partial charge in [-0.25, -0.2) is 9.97 Å². The molecule has 3 aromatic heterocycles. The second-order valence-electron chi connectivity index (χ2n) is 15.1. The standard InChI is InChI=1S/C30H26N3O.C15H28O2.Ir/c1-16(2)24-15-14-21-20-10-7-11-23(28(20)34-30(21)31-24)26-22-13-12-19-9-6-8-18(5)25(19)27(22)33-29(32-26)17(3)4;1-7-14(5,8-2)12(16)11-13(17)15(6,9-3)10-4;/h6-10,12-17H,1-5H3;11,16H,7-10H2,1-6H3;/q-1;;/b;12-11-;. The molecule has 0 bridgehead atoms. The summed E-state index contributed by atoms with van der Waals surface area (Å²) in [6, 6.07) is 22.3. The van der Waals surface area contributed by atoms with Crippen molar-refractivity contribution in [1.29, 1.82) is 0 Å². The topological polar surface area (TPSA) is 89.1 Å². The van der Waals surface area contributed by atoms with Gasteiger partial charge in [0, 0.05) is 65.1 Å². The van der Waals surface area contributed by atoms with Crippen molar-refractivity contribution < 1.29 is 34.4 Å². The minimum atomic E-state index is -0.337. The van der Waals surface area contributed by atoms with Crippen LogP contribution in [0.5, 0.6) is 0 Å². The molecule has 0 unspecified atom stereocenters. The van der Waals surface area contributed by atoms with Crippen LogP contribution in [-0.4, -0.2) is 25.8 Å². The van der Waals surface area contributed by atoms with Crippen molar-refractivity contribution in [3.05, 3.63) is 89.6 Å². The number of carbonyl (C=O) groups is 1. The Balaban J connectivity index is 0.000000289. The van der Waals surface area contributed by atoms with Gasteiger partial charge < -0.3 is 9.52 Å². The molecule has 0 aliphatic carbocycles. The zero-order valence-electron chi connectivity index (χ0n) is 32.7. The molecule has 0 aliphatic rings. The SMILES string of the molecule is CCC(C)(CC)C(=O)/C=C(\O)C(C)(CC)CC.Cc1cccc2ccc3c(-c4[c-]ccc5c4oc4nc(C(C)C)ccc45)nc(C(C)C)nc3c12.[Ir]. The minimum absolute atomic E-state index is 0. The van der Waals surface area contributed by atoms with Gasteiger partial charge in [-0.3, -0.25) is 9.78 Å². The summed E-state index contributed by atoms with van der Waals surface area (Å²) in [5, 5.41) is 15.5. The molecule has 3 aromatic carbocycles. The Bertz CT molecular complexity index is 2240. The van der Waals surface area contributed by atoms with Crippen molar-refractivity contribution in [2.45, 2.75) is 114 Å². The summed E-state index contributed by atoms with van der Waals surface area (Å²) in [6.07, 6.45) is 4.75. The number of aliphatic hydroxyl groups excluding tert-OH is 1. The van der Waals surface area contributed by atoms with Crippen LogP contribution in [0.3, 0.4) is 0 Å². The molecule has 6 rings (SSSR count). The molecule has 1 N–H and O–H groups in total. The number of aryl methyl sites for hydroxylation is 1. The zero-order chi connectivity index (χ0) is 37.2. The fraction of sp³-hybridized carbons (Fsp3) is 0.422. The van der Waals surface area contributed by atoms with E-state index in [-0.39, 0.29) is 48.4 Å². The Hall–Kier alpha value is -3.93. The van der Waals surface area contributed by atoms with E-state index < -0.39 is 0 Å². The van der Waals surface area contributed by atoms with E-state index >= 15 is 0 Å². The van der Waals surface area contributed by atoms with Crippen LogP contribution in [0.4, 0.5) is 0 Å². The van der Waals surface area contributed by atoms with Gasteiger partial charge in [-0.05, 0) is 67.0 Å². The van der Waals surface area contributed by atoms with E-state index in [9.17, 15) is 9.90 Å². The predicted octanol–water partition coefficient (Wildman–Crippen LogP) is 12.7. The first-order chi connectivity index (χ1) is 24.2. The quantitative estimate of drug-likeness (QED) is 0.0638. The smallest absolute Gasteiger partial charge is 0.216 e. The number of aromatic nitrogens is 3. The molecule has 0 saturated heterocycles. The third kappa shape index (κ3) is 7.72. The molecule has 1 radical (unpaired) electrons. The average molecular weight is 877 g/mol. The van der Waals surface area contributed by atoms with Crippen molar-refractivity contribution in [2.24, 2.45) is 10.8 Å². The fourth-order valence-corrected chi connectivity index (χ4v) is 6.43. The molecule has 52 heavy (non-hydrogen) atoms.